The molecule has 122 valence electrons. The number of rotatable bonds is 7. The van der Waals surface area contributed by atoms with Crippen molar-refractivity contribution in [2.24, 2.45) is 5.41 Å². The number of sulfonamides is 1. The first kappa shape index (κ1) is 17.9. The number of methoxy groups -OCH3 is 1. The summed E-state index contributed by atoms with van der Waals surface area (Å²) in [4.78, 5) is 22.9. The summed E-state index contributed by atoms with van der Waals surface area (Å²) in [6, 6.07) is -0.484. The fourth-order valence-electron chi connectivity index (χ4n) is 2.84. The molecule has 0 aromatic heterocycles. The predicted octanol–water partition coefficient (Wildman–Crippen LogP) is 0.845. The molecule has 1 aliphatic rings. The first-order valence-electron chi connectivity index (χ1n) is 6.94. The molecule has 0 saturated heterocycles. The van der Waals surface area contributed by atoms with Gasteiger partial charge in [0, 0.05) is 6.04 Å². The van der Waals surface area contributed by atoms with Crippen molar-refractivity contribution in [2.75, 3.05) is 19.4 Å². The van der Waals surface area contributed by atoms with Crippen molar-refractivity contribution in [3.05, 3.63) is 0 Å². The van der Waals surface area contributed by atoms with E-state index in [0.29, 0.717) is 12.8 Å². The maximum atomic E-state index is 12.5. The topological polar surface area (TPSA) is 101 Å². The minimum Gasteiger partial charge on any atom is -0.480 e. The summed E-state index contributed by atoms with van der Waals surface area (Å²) in [5, 5.41) is 8.88. The number of carboxylic acids is 1. The van der Waals surface area contributed by atoms with Crippen LogP contribution in [0.2, 0.25) is 0 Å². The van der Waals surface area contributed by atoms with Gasteiger partial charge in [-0.05, 0) is 26.7 Å². The number of esters is 1. The van der Waals surface area contributed by atoms with Crippen LogP contribution in [0.5, 0.6) is 0 Å². The van der Waals surface area contributed by atoms with E-state index in [1.54, 1.807) is 13.8 Å². The summed E-state index contributed by atoms with van der Waals surface area (Å²) in [6.07, 6.45) is 2.45. The molecule has 8 heteroatoms. The van der Waals surface area contributed by atoms with Crippen LogP contribution in [0, 0.1) is 5.41 Å². The highest BCUT2D eigenvalue weighted by Gasteiger charge is 2.47. The number of ether oxygens (including phenoxy) is 1. The summed E-state index contributed by atoms with van der Waals surface area (Å²) in [5.74, 6) is -2.13. The molecule has 21 heavy (non-hydrogen) atoms. The lowest BCUT2D eigenvalue weighted by Gasteiger charge is -2.30. The average Bonchev–Trinajstić information content (AvgIpc) is 2.83. The van der Waals surface area contributed by atoms with Gasteiger partial charge in [-0.25, -0.2) is 8.42 Å². The minimum atomic E-state index is -3.86. The third-order valence-corrected chi connectivity index (χ3v) is 6.04. The van der Waals surface area contributed by atoms with Gasteiger partial charge in [0.1, 0.15) is 6.54 Å². The average molecular weight is 321 g/mol. The normalized spacial score (nSPS) is 18.1. The summed E-state index contributed by atoms with van der Waals surface area (Å²) in [7, 11) is -2.62. The van der Waals surface area contributed by atoms with Crippen molar-refractivity contribution in [3.8, 4) is 0 Å². The van der Waals surface area contributed by atoms with E-state index >= 15 is 0 Å². The Morgan fingerprint density at radius 1 is 1.29 bits per heavy atom. The zero-order valence-corrected chi connectivity index (χ0v) is 13.5. The standard InChI is InChI=1S/C13H23NO6S/c1-10(2)14(8-11(15)16)21(18,19)9-13(12(17)20-3)6-4-5-7-13/h10H,4-9H2,1-3H3,(H,15,16). The van der Waals surface area contributed by atoms with Crippen LogP contribution >= 0.6 is 0 Å². The molecule has 7 nitrogen and oxygen atoms in total. The Labute approximate surface area is 125 Å². The molecule has 0 spiro atoms. The zero-order chi connectivity index (χ0) is 16.3. The molecule has 0 unspecified atom stereocenters. The predicted molar refractivity (Wildman–Crippen MR) is 76.2 cm³/mol. The van der Waals surface area contributed by atoms with Crippen LogP contribution in [-0.4, -0.2) is 55.2 Å². The molecule has 1 saturated carbocycles. The molecule has 1 aliphatic carbocycles. The van der Waals surface area contributed by atoms with Crippen LogP contribution in [0.15, 0.2) is 0 Å². The maximum absolute atomic E-state index is 12.5. The maximum Gasteiger partial charge on any atom is 0.318 e. The highest BCUT2D eigenvalue weighted by atomic mass is 32.2. The van der Waals surface area contributed by atoms with Crippen molar-refractivity contribution < 1.29 is 27.9 Å². The second-order valence-electron chi connectivity index (χ2n) is 5.77. The van der Waals surface area contributed by atoms with Crippen LogP contribution in [0.4, 0.5) is 0 Å². The monoisotopic (exact) mass is 321 g/mol. The van der Waals surface area contributed by atoms with E-state index in [4.69, 9.17) is 9.84 Å². The van der Waals surface area contributed by atoms with E-state index in [1.807, 2.05) is 0 Å². The molecule has 0 aromatic carbocycles. The molecule has 0 bridgehead atoms. The summed E-state index contributed by atoms with van der Waals surface area (Å²) in [6.45, 7) is 2.62. The van der Waals surface area contributed by atoms with Gasteiger partial charge in [-0.15, -0.1) is 0 Å². The van der Waals surface area contributed by atoms with Gasteiger partial charge in [-0.1, -0.05) is 12.8 Å². The fraction of sp³-hybridized carbons (Fsp3) is 0.846. The van der Waals surface area contributed by atoms with Gasteiger partial charge < -0.3 is 9.84 Å². The number of hydrogen-bond donors (Lipinski definition) is 1. The Bertz CT molecular complexity index is 493. The van der Waals surface area contributed by atoms with Crippen LogP contribution in [0.25, 0.3) is 0 Å². The van der Waals surface area contributed by atoms with Crippen molar-refractivity contribution >= 4 is 22.0 Å². The summed E-state index contributed by atoms with van der Waals surface area (Å²) in [5.41, 5.74) is -1.04. The smallest absolute Gasteiger partial charge is 0.318 e. The van der Waals surface area contributed by atoms with E-state index < -0.39 is 45.7 Å². The summed E-state index contributed by atoms with van der Waals surface area (Å²) < 4.78 is 30.8. The van der Waals surface area contributed by atoms with Gasteiger partial charge in [0.2, 0.25) is 10.0 Å². The molecular weight excluding hydrogens is 298 g/mol. The van der Waals surface area contributed by atoms with Crippen molar-refractivity contribution in [2.45, 2.75) is 45.6 Å². The Morgan fingerprint density at radius 2 is 1.81 bits per heavy atom. The molecule has 0 heterocycles. The SMILES string of the molecule is COC(=O)C1(CS(=O)(=O)N(CC(=O)O)C(C)C)CCCC1. The number of hydrogen-bond acceptors (Lipinski definition) is 5. The Balaban J connectivity index is 3.05. The lowest BCUT2D eigenvalue weighted by molar-refractivity contribution is -0.151. The molecule has 0 radical (unpaired) electrons. The van der Waals surface area contributed by atoms with Crippen LogP contribution < -0.4 is 0 Å². The van der Waals surface area contributed by atoms with E-state index in [9.17, 15) is 18.0 Å². The largest absolute Gasteiger partial charge is 0.480 e. The molecule has 1 N–H and O–H groups in total. The van der Waals surface area contributed by atoms with Gasteiger partial charge in [-0.2, -0.15) is 4.31 Å². The molecule has 0 aliphatic heterocycles. The first-order valence-corrected chi connectivity index (χ1v) is 8.55. The van der Waals surface area contributed by atoms with Crippen LogP contribution in [0.1, 0.15) is 39.5 Å². The highest BCUT2D eigenvalue weighted by Crippen LogP contribution is 2.41. The van der Waals surface area contributed by atoms with Crippen molar-refractivity contribution in [1.29, 1.82) is 0 Å². The number of aliphatic carboxylic acids is 1. The number of carboxylic acid groups (broad SMARTS) is 1. The molecule has 0 amide bonds. The Kier molecular flexibility index (Phi) is 5.75. The van der Waals surface area contributed by atoms with Crippen molar-refractivity contribution in [3.63, 3.8) is 0 Å². The van der Waals surface area contributed by atoms with Gasteiger partial charge in [0.05, 0.1) is 18.3 Å². The Morgan fingerprint density at radius 3 is 2.19 bits per heavy atom. The van der Waals surface area contributed by atoms with Crippen molar-refractivity contribution in [1.82, 2.24) is 4.31 Å². The lowest BCUT2D eigenvalue weighted by Crippen LogP contribution is -2.47. The second kappa shape index (κ2) is 6.74. The minimum absolute atomic E-state index is 0.391. The molecule has 0 aromatic rings. The van der Waals surface area contributed by atoms with Gasteiger partial charge in [0.25, 0.3) is 0 Å². The van der Waals surface area contributed by atoms with Crippen LogP contribution in [-0.2, 0) is 24.3 Å². The second-order valence-corrected chi connectivity index (χ2v) is 7.69. The van der Waals surface area contributed by atoms with E-state index in [-0.39, 0.29) is 0 Å². The molecular formula is C13H23NO6S. The molecule has 1 rings (SSSR count). The van der Waals surface area contributed by atoms with Gasteiger partial charge in [0.15, 0.2) is 0 Å². The number of carbonyl (C=O) groups excluding carboxylic acids is 1. The zero-order valence-electron chi connectivity index (χ0n) is 12.7. The Hall–Kier alpha value is -1.15. The van der Waals surface area contributed by atoms with E-state index in [0.717, 1.165) is 17.1 Å². The quantitative estimate of drug-likeness (QED) is 0.697. The van der Waals surface area contributed by atoms with E-state index in [2.05, 4.69) is 0 Å². The fourth-order valence-corrected chi connectivity index (χ4v) is 5.06. The third kappa shape index (κ3) is 4.16. The number of nitrogens with zero attached hydrogens (tertiary/aromatic N) is 1. The third-order valence-electron chi connectivity index (χ3n) is 3.86. The highest BCUT2D eigenvalue weighted by molar-refractivity contribution is 7.89. The summed E-state index contributed by atoms with van der Waals surface area (Å²) >= 11 is 0. The number of carbonyl (C=O) groups is 2. The lowest BCUT2D eigenvalue weighted by atomic mass is 9.89. The van der Waals surface area contributed by atoms with Crippen LogP contribution in [0.3, 0.4) is 0 Å². The first-order chi connectivity index (χ1) is 9.64. The van der Waals surface area contributed by atoms with Gasteiger partial charge >= 0.3 is 11.9 Å². The van der Waals surface area contributed by atoms with Gasteiger partial charge in [-0.3, -0.25) is 9.59 Å². The molecule has 0 atom stereocenters. The van der Waals surface area contributed by atoms with E-state index in [1.165, 1.54) is 7.11 Å². The molecule has 1 fully saturated rings.